The van der Waals surface area contributed by atoms with E-state index in [2.05, 4.69) is 42.5 Å². The van der Waals surface area contributed by atoms with Gasteiger partial charge in [0, 0.05) is 0 Å². The molecule has 0 spiro atoms. The van der Waals surface area contributed by atoms with Crippen LogP contribution in [0.4, 0.5) is 0 Å². The number of hydrogen-bond acceptors (Lipinski definition) is 0. The summed E-state index contributed by atoms with van der Waals surface area (Å²) >= 11 is 0. The van der Waals surface area contributed by atoms with Gasteiger partial charge < -0.3 is 0 Å². The summed E-state index contributed by atoms with van der Waals surface area (Å²) in [5.41, 5.74) is 3.93. The molecule has 0 aromatic heterocycles. The predicted octanol–water partition coefficient (Wildman–Crippen LogP) is 8.47. The van der Waals surface area contributed by atoms with E-state index >= 15 is 0 Å². The maximum Gasteiger partial charge on any atom is -0.00616 e. The molecule has 32 heavy (non-hydrogen) atoms. The molecule has 8 aliphatic carbocycles. The quantitative estimate of drug-likeness (QED) is 0.417. The second-order valence-electron chi connectivity index (χ2n) is 13.2. The molecule has 0 N–H and O–H groups in total. The van der Waals surface area contributed by atoms with Crippen molar-refractivity contribution in [2.45, 2.75) is 81.7 Å². The Morgan fingerprint density at radius 1 is 0.531 bits per heavy atom. The van der Waals surface area contributed by atoms with E-state index in [0.29, 0.717) is 0 Å². The fourth-order valence-electron chi connectivity index (χ4n) is 10.9. The van der Waals surface area contributed by atoms with Gasteiger partial charge in [0.25, 0.3) is 0 Å². The Hall–Kier alpha value is -0.870. The first kappa shape index (κ1) is 19.4. The first-order chi connectivity index (χ1) is 15.8. The average molecular weight is 443 g/mol. The molecule has 0 heterocycles. The van der Waals surface area contributed by atoms with Crippen LogP contribution >= 0.6 is 7.92 Å². The Bertz CT molecular complexity index is 919. The predicted molar refractivity (Wildman–Crippen MR) is 136 cm³/mol. The minimum absolute atomic E-state index is 0.0900. The van der Waals surface area contributed by atoms with Crippen LogP contribution < -0.4 is 0 Å². The Morgan fingerprint density at radius 3 is 1.53 bits per heavy atom. The molecule has 0 atom stereocenters. The maximum atomic E-state index is 2.52. The first-order valence-corrected chi connectivity index (χ1v) is 15.7. The molecule has 0 amide bonds. The summed E-state index contributed by atoms with van der Waals surface area (Å²) in [7, 11) is 0.0900. The second kappa shape index (κ2) is 7.31. The Kier molecular flexibility index (Phi) is 4.44. The van der Waals surface area contributed by atoms with Crippen LogP contribution in [0.2, 0.25) is 0 Å². The molecule has 0 nitrogen and oxygen atoms in total. The molecule has 168 valence electrons. The van der Waals surface area contributed by atoms with Crippen molar-refractivity contribution < 1.29 is 0 Å². The fourth-order valence-corrected chi connectivity index (χ4v) is 15.5. The minimum atomic E-state index is 0.0900. The van der Waals surface area contributed by atoms with E-state index in [4.69, 9.17) is 0 Å². The largest absolute Gasteiger partial charge is 0.0947 e. The zero-order valence-corrected chi connectivity index (χ0v) is 20.4. The van der Waals surface area contributed by atoms with E-state index in [0.717, 1.165) is 58.7 Å². The van der Waals surface area contributed by atoms with Gasteiger partial charge in [-0.15, -0.1) is 0 Å². The van der Waals surface area contributed by atoms with Crippen LogP contribution in [0, 0.1) is 47.3 Å². The summed E-state index contributed by atoms with van der Waals surface area (Å²) in [4.78, 5) is 0. The van der Waals surface area contributed by atoms with Crippen molar-refractivity contribution in [2.75, 3.05) is 0 Å². The third-order valence-electron chi connectivity index (χ3n) is 11.4. The highest BCUT2D eigenvalue weighted by Crippen LogP contribution is 2.72. The third kappa shape index (κ3) is 2.97. The SMILES string of the molecule is c1ccc2c(CP(C3C4CC5CC(C4)CC3C5)C3C4CC5CC(C4)CC3C5)cccc2c1. The molecule has 0 aliphatic heterocycles. The van der Waals surface area contributed by atoms with Crippen molar-refractivity contribution in [3.63, 3.8) is 0 Å². The van der Waals surface area contributed by atoms with E-state index in [1.165, 1.54) is 11.5 Å². The lowest BCUT2D eigenvalue weighted by Gasteiger charge is -2.62. The van der Waals surface area contributed by atoms with E-state index in [-0.39, 0.29) is 7.92 Å². The first-order valence-electron chi connectivity index (χ1n) is 14.0. The van der Waals surface area contributed by atoms with Gasteiger partial charge in [-0.3, -0.25) is 0 Å². The third-order valence-corrected chi connectivity index (χ3v) is 15.3. The molecular formula is C31H39P. The van der Waals surface area contributed by atoms with E-state index in [1.807, 2.05) is 0 Å². The van der Waals surface area contributed by atoms with Crippen LogP contribution in [-0.2, 0) is 6.16 Å². The summed E-state index contributed by atoms with van der Waals surface area (Å²) in [5.74, 6) is 8.86. The van der Waals surface area contributed by atoms with Gasteiger partial charge in [0.2, 0.25) is 0 Å². The van der Waals surface area contributed by atoms with Gasteiger partial charge in [-0.2, -0.15) is 0 Å². The molecule has 0 saturated heterocycles. The van der Waals surface area contributed by atoms with E-state index < -0.39 is 0 Å². The average Bonchev–Trinajstić information content (AvgIpc) is 2.78. The monoisotopic (exact) mass is 442 g/mol. The normalized spacial score (nSPS) is 46.8. The van der Waals surface area contributed by atoms with Gasteiger partial charge in [0.15, 0.2) is 0 Å². The lowest BCUT2D eigenvalue weighted by atomic mass is 9.55. The molecule has 8 fully saturated rings. The minimum Gasteiger partial charge on any atom is -0.0947 e. The molecule has 8 aliphatic rings. The molecule has 8 saturated carbocycles. The number of rotatable bonds is 4. The second-order valence-corrected chi connectivity index (χ2v) is 15.7. The van der Waals surface area contributed by atoms with Crippen molar-refractivity contribution in [3.05, 3.63) is 48.0 Å². The van der Waals surface area contributed by atoms with Gasteiger partial charge >= 0.3 is 0 Å². The molecule has 8 bridgehead atoms. The smallest absolute Gasteiger partial charge is 0.00616 e. The van der Waals surface area contributed by atoms with E-state index in [9.17, 15) is 0 Å². The van der Waals surface area contributed by atoms with Crippen LogP contribution in [-0.4, -0.2) is 11.3 Å². The van der Waals surface area contributed by atoms with Crippen molar-refractivity contribution >= 4 is 18.7 Å². The topological polar surface area (TPSA) is 0 Å². The van der Waals surface area contributed by atoms with Crippen molar-refractivity contribution in [1.82, 2.24) is 0 Å². The van der Waals surface area contributed by atoms with Crippen LogP contribution in [0.15, 0.2) is 42.5 Å². The standard InChI is InChI=1S/C31H39P/c1-2-7-29-23(4-1)5-3-6-24(29)18-32(30-25-10-19-8-20(12-25)13-26(30)11-19)31-27-14-21-9-22(16-27)17-28(31)15-21/h1-7,19-22,25-28,30-31H,8-18H2. The summed E-state index contributed by atoms with van der Waals surface area (Å²) in [6, 6.07) is 16.5. The highest BCUT2D eigenvalue weighted by atomic mass is 31.1. The Balaban J connectivity index is 1.21. The summed E-state index contributed by atoms with van der Waals surface area (Å²) in [6.07, 6.45) is 17.5. The summed E-state index contributed by atoms with van der Waals surface area (Å²) in [6.45, 7) is 0. The van der Waals surface area contributed by atoms with Crippen molar-refractivity contribution in [3.8, 4) is 0 Å². The van der Waals surface area contributed by atoms with Gasteiger partial charge in [-0.05, 0) is 145 Å². The Labute approximate surface area is 195 Å². The lowest BCUT2D eigenvalue weighted by molar-refractivity contribution is 0.0129. The molecular weight excluding hydrogens is 403 g/mol. The van der Waals surface area contributed by atoms with Crippen molar-refractivity contribution in [2.24, 2.45) is 47.3 Å². The molecule has 0 unspecified atom stereocenters. The van der Waals surface area contributed by atoms with Gasteiger partial charge in [0.05, 0.1) is 0 Å². The number of benzene rings is 2. The van der Waals surface area contributed by atoms with Crippen LogP contribution in [0.5, 0.6) is 0 Å². The molecule has 2 aromatic carbocycles. The Morgan fingerprint density at radius 2 is 1.00 bits per heavy atom. The van der Waals surface area contributed by atoms with Crippen LogP contribution in [0.25, 0.3) is 10.8 Å². The lowest BCUT2D eigenvalue weighted by Crippen LogP contribution is -2.52. The van der Waals surface area contributed by atoms with Gasteiger partial charge in [-0.25, -0.2) is 0 Å². The summed E-state index contributed by atoms with van der Waals surface area (Å²) < 4.78 is 0. The fraction of sp³-hybridized carbons (Fsp3) is 0.677. The van der Waals surface area contributed by atoms with Crippen molar-refractivity contribution in [1.29, 1.82) is 0 Å². The zero-order valence-electron chi connectivity index (χ0n) is 19.5. The zero-order chi connectivity index (χ0) is 20.8. The highest BCUT2D eigenvalue weighted by Gasteiger charge is 2.56. The summed E-state index contributed by atoms with van der Waals surface area (Å²) in [5, 5.41) is 3.03. The molecule has 1 heteroatoms. The molecule has 2 aromatic rings. The molecule has 0 radical (unpaired) electrons. The van der Waals surface area contributed by atoms with E-state index in [1.54, 1.807) is 75.2 Å². The van der Waals surface area contributed by atoms with Gasteiger partial charge in [0.1, 0.15) is 0 Å². The molecule has 10 rings (SSSR count). The van der Waals surface area contributed by atoms with Crippen LogP contribution in [0.3, 0.4) is 0 Å². The van der Waals surface area contributed by atoms with Crippen LogP contribution in [0.1, 0.15) is 69.8 Å². The number of hydrogen-bond donors (Lipinski definition) is 0. The highest BCUT2D eigenvalue weighted by molar-refractivity contribution is 7.58. The van der Waals surface area contributed by atoms with Gasteiger partial charge in [-0.1, -0.05) is 50.4 Å². The number of fused-ring (bicyclic) bond motifs is 1. The maximum absolute atomic E-state index is 2.52.